The molecule has 0 fully saturated rings. The first kappa shape index (κ1) is 18.5. The van der Waals surface area contributed by atoms with Gasteiger partial charge in [-0.25, -0.2) is 4.79 Å². The van der Waals surface area contributed by atoms with Crippen LogP contribution in [-0.2, 0) is 0 Å². The lowest BCUT2D eigenvalue weighted by Gasteiger charge is -2.33. The van der Waals surface area contributed by atoms with Crippen molar-refractivity contribution in [1.29, 1.82) is 0 Å². The van der Waals surface area contributed by atoms with E-state index in [-0.39, 0.29) is 17.1 Å². The summed E-state index contributed by atoms with van der Waals surface area (Å²) >= 11 is 0. The third-order valence-electron chi connectivity index (χ3n) is 4.29. The monoisotopic (exact) mass is 306 g/mol. The molecule has 1 aromatic carbocycles. The minimum atomic E-state index is -0.936. The molecular formula is C19H30O3. The lowest BCUT2D eigenvalue weighted by molar-refractivity contribution is 0.0681. The highest BCUT2D eigenvalue weighted by molar-refractivity contribution is 5.90. The first-order chi connectivity index (χ1) is 10.3. The highest BCUT2D eigenvalue weighted by Gasteiger charge is 2.27. The second-order valence-corrected chi connectivity index (χ2v) is 7.04. The second-order valence-electron chi connectivity index (χ2n) is 7.04. The number of hydrogen-bond donors (Lipinski definition) is 1. The van der Waals surface area contributed by atoms with Crippen molar-refractivity contribution < 1.29 is 14.6 Å². The van der Waals surface area contributed by atoms with Gasteiger partial charge in [0, 0.05) is 0 Å². The Bertz CT molecular complexity index is 474. The van der Waals surface area contributed by atoms with E-state index in [4.69, 9.17) is 4.74 Å². The summed E-state index contributed by atoms with van der Waals surface area (Å²) < 4.78 is 6.09. The first-order valence-electron chi connectivity index (χ1n) is 8.28. The summed E-state index contributed by atoms with van der Waals surface area (Å²) in [6.07, 6.45) is 4.10. The van der Waals surface area contributed by atoms with Crippen LogP contribution < -0.4 is 4.74 Å². The van der Waals surface area contributed by atoms with Gasteiger partial charge in [0.2, 0.25) is 0 Å². The fraction of sp³-hybridized carbons (Fsp3) is 0.632. The van der Waals surface area contributed by atoms with Crippen LogP contribution in [0.1, 0.15) is 70.7 Å². The van der Waals surface area contributed by atoms with Crippen LogP contribution in [0, 0.1) is 11.3 Å². The van der Waals surface area contributed by atoms with Crippen molar-refractivity contribution >= 4 is 5.97 Å². The summed E-state index contributed by atoms with van der Waals surface area (Å²) in [6, 6.07) is 6.91. The molecule has 0 saturated heterocycles. The van der Waals surface area contributed by atoms with Gasteiger partial charge in [-0.1, -0.05) is 59.6 Å². The third kappa shape index (κ3) is 5.36. The van der Waals surface area contributed by atoms with Gasteiger partial charge >= 0.3 is 5.97 Å². The maximum absolute atomic E-state index is 11.3. The average Bonchev–Trinajstić information content (AvgIpc) is 2.43. The summed E-state index contributed by atoms with van der Waals surface area (Å²) in [5.41, 5.74) is 0.476. The van der Waals surface area contributed by atoms with Gasteiger partial charge in [-0.2, -0.15) is 0 Å². The van der Waals surface area contributed by atoms with E-state index in [1.807, 2.05) is 6.07 Å². The molecule has 124 valence electrons. The molecule has 2 unspecified atom stereocenters. The summed E-state index contributed by atoms with van der Waals surface area (Å²) in [6.45, 7) is 11.1. The van der Waals surface area contributed by atoms with E-state index in [0.717, 1.165) is 25.7 Å². The number of para-hydroxylation sites is 1. The summed E-state index contributed by atoms with van der Waals surface area (Å²) in [7, 11) is 0. The Kier molecular flexibility index (Phi) is 6.92. The van der Waals surface area contributed by atoms with Crippen molar-refractivity contribution in [3.63, 3.8) is 0 Å². The fourth-order valence-corrected chi connectivity index (χ4v) is 2.92. The van der Waals surface area contributed by atoms with E-state index < -0.39 is 5.97 Å². The molecule has 3 heteroatoms. The predicted octanol–water partition coefficient (Wildman–Crippen LogP) is 5.39. The molecule has 0 aliphatic heterocycles. The van der Waals surface area contributed by atoms with Gasteiger partial charge in [-0.3, -0.25) is 0 Å². The van der Waals surface area contributed by atoms with Crippen molar-refractivity contribution in [3.05, 3.63) is 29.8 Å². The second kappa shape index (κ2) is 8.21. The van der Waals surface area contributed by atoms with Crippen LogP contribution >= 0.6 is 0 Å². The quantitative estimate of drug-likeness (QED) is 0.700. The summed E-state index contributed by atoms with van der Waals surface area (Å²) in [4.78, 5) is 11.3. The van der Waals surface area contributed by atoms with Gasteiger partial charge in [-0.05, 0) is 36.3 Å². The van der Waals surface area contributed by atoms with Crippen LogP contribution in [0.15, 0.2) is 24.3 Å². The fourth-order valence-electron chi connectivity index (χ4n) is 2.92. The van der Waals surface area contributed by atoms with Crippen LogP contribution in [0.4, 0.5) is 0 Å². The number of carboxylic acids is 1. The number of benzene rings is 1. The zero-order valence-corrected chi connectivity index (χ0v) is 14.6. The van der Waals surface area contributed by atoms with Gasteiger partial charge in [0.05, 0.1) is 6.10 Å². The standard InChI is InChI=1S/C19H30O3/c1-6-10-15(13-14(7-2)19(3,4)5)22-17-12-9-8-11-16(17)18(20)21/h8-9,11-12,14-15H,6-7,10,13H2,1-5H3,(H,20,21). The molecule has 0 aliphatic rings. The smallest absolute Gasteiger partial charge is 0.339 e. The largest absolute Gasteiger partial charge is 0.490 e. The van der Waals surface area contributed by atoms with Crippen LogP contribution in [0.5, 0.6) is 5.75 Å². The lowest BCUT2D eigenvalue weighted by Crippen LogP contribution is -2.28. The molecule has 0 heterocycles. The topological polar surface area (TPSA) is 46.5 Å². The normalized spacial score (nSPS) is 14.4. The van der Waals surface area contributed by atoms with Gasteiger partial charge in [0.15, 0.2) is 0 Å². The number of aromatic carboxylic acids is 1. The minimum Gasteiger partial charge on any atom is -0.490 e. The zero-order valence-electron chi connectivity index (χ0n) is 14.6. The number of rotatable bonds is 8. The molecule has 0 amide bonds. The van der Waals surface area contributed by atoms with Crippen LogP contribution in [-0.4, -0.2) is 17.2 Å². The van der Waals surface area contributed by atoms with Crippen LogP contribution in [0.2, 0.25) is 0 Å². The Hall–Kier alpha value is -1.51. The van der Waals surface area contributed by atoms with E-state index in [1.165, 1.54) is 0 Å². The summed E-state index contributed by atoms with van der Waals surface area (Å²) in [5, 5.41) is 9.29. The van der Waals surface area contributed by atoms with Gasteiger partial charge in [0.25, 0.3) is 0 Å². The molecule has 1 N–H and O–H groups in total. The van der Waals surface area contributed by atoms with Gasteiger partial charge in [-0.15, -0.1) is 0 Å². The molecule has 0 radical (unpaired) electrons. The van der Waals surface area contributed by atoms with Crippen molar-refractivity contribution in [2.45, 2.75) is 66.4 Å². The van der Waals surface area contributed by atoms with Crippen LogP contribution in [0.25, 0.3) is 0 Å². The van der Waals surface area contributed by atoms with Gasteiger partial charge < -0.3 is 9.84 Å². The van der Waals surface area contributed by atoms with E-state index in [0.29, 0.717) is 11.7 Å². The lowest BCUT2D eigenvalue weighted by atomic mass is 9.75. The molecule has 1 aromatic rings. The Morgan fingerprint density at radius 3 is 2.36 bits per heavy atom. The number of carboxylic acid groups (broad SMARTS) is 1. The first-order valence-corrected chi connectivity index (χ1v) is 8.28. The molecule has 0 spiro atoms. The van der Waals surface area contributed by atoms with Gasteiger partial charge in [0.1, 0.15) is 11.3 Å². The maximum atomic E-state index is 11.3. The van der Waals surface area contributed by atoms with Crippen molar-refractivity contribution in [2.75, 3.05) is 0 Å². The van der Waals surface area contributed by atoms with Crippen molar-refractivity contribution in [2.24, 2.45) is 11.3 Å². The van der Waals surface area contributed by atoms with E-state index >= 15 is 0 Å². The molecule has 0 aromatic heterocycles. The average molecular weight is 306 g/mol. The van der Waals surface area contributed by atoms with E-state index in [2.05, 4.69) is 34.6 Å². The maximum Gasteiger partial charge on any atom is 0.339 e. The van der Waals surface area contributed by atoms with E-state index in [1.54, 1.807) is 18.2 Å². The number of hydrogen-bond acceptors (Lipinski definition) is 2. The highest BCUT2D eigenvalue weighted by Crippen LogP contribution is 2.34. The SMILES string of the molecule is CCCC(CC(CC)C(C)(C)C)Oc1ccccc1C(=O)O. The predicted molar refractivity (Wildman–Crippen MR) is 90.6 cm³/mol. The van der Waals surface area contributed by atoms with Crippen LogP contribution in [0.3, 0.4) is 0 Å². The number of ether oxygens (including phenoxy) is 1. The number of carbonyl (C=O) groups is 1. The molecular weight excluding hydrogens is 276 g/mol. The van der Waals surface area contributed by atoms with E-state index in [9.17, 15) is 9.90 Å². The summed E-state index contributed by atoms with van der Waals surface area (Å²) in [5.74, 6) is 0.104. The Morgan fingerprint density at radius 1 is 1.23 bits per heavy atom. The Balaban J connectivity index is 2.91. The molecule has 0 aliphatic carbocycles. The third-order valence-corrected chi connectivity index (χ3v) is 4.29. The van der Waals surface area contributed by atoms with Crippen molar-refractivity contribution in [3.8, 4) is 5.75 Å². The molecule has 3 nitrogen and oxygen atoms in total. The minimum absolute atomic E-state index is 0.0645. The molecule has 22 heavy (non-hydrogen) atoms. The Labute approximate surface area is 134 Å². The molecule has 1 rings (SSSR count). The Morgan fingerprint density at radius 2 is 1.86 bits per heavy atom. The molecule has 0 saturated carbocycles. The molecule has 0 bridgehead atoms. The zero-order chi connectivity index (χ0) is 16.8. The molecule has 2 atom stereocenters. The highest BCUT2D eigenvalue weighted by atomic mass is 16.5. The van der Waals surface area contributed by atoms with Crippen molar-refractivity contribution in [1.82, 2.24) is 0 Å².